The topological polar surface area (TPSA) is 53.5 Å². The Bertz CT molecular complexity index is 778. The number of pyridine rings is 1. The van der Waals surface area contributed by atoms with Gasteiger partial charge in [-0.2, -0.15) is 4.31 Å². The van der Waals surface area contributed by atoms with E-state index >= 15 is 0 Å². The number of benzene rings is 1. The summed E-state index contributed by atoms with van der Waals surface area (Å²) in [6, 6.07) is 8.57. The van der Waals surface area contributed by atoms with Crippen molar-refractivity contribution in [3.63, 3.8) is 0 Å². The highest BCUT2D eigenvalue weighted by Crippen LogP contribution is 2.25. The smallest absolute Gasteiger partial charge is 0.243 e. The molecule has 1 aromatic carbocycles. The van der Waals surface area contributed by atoms with Crippen LogP contribution in [-0.2, 0) is 16.6 Å². The Morgan fingerprint density at radius 2 is 1.86 bits per heavy atom. The summed E-state index contributed by atoms with van der Waals surface area (Å²) >= 11 is 0. The van der Waals surface area contributed by atoms with Crippen LogP contribution in [0.4, 0.5) is 10.2 Å². The largest absolute Gasteiger partial charge is 0.358 e. The van der Waals surface area contributed by atoms with Crippen LogP contribution in [0.2, 0.25) is 0 Å². The minimum Gasteiger partial charge on any atom is -0.358 e. The van der Waals surface area contributed by atoms with E-state index in [2.05, 4.69) is 4.98 Å². The van der Waals surface area contributed by atoms with Gasteiger partial charge < -0.3 is 4.90 Å². The summed E-state index contributed by atoms with van der Waals surface area (Å²) in [7, 11) is -1.77. The molecule has 7 heteroatoms. The first kappa shape index (κ1) is 14.9. The molecule has 0 bridgehead atoms. The Labute approximate surface area is 129 Å². The van der Waals surface area contributed by atoms with Crippen molar-refractivity contribution in [2.45, 2.75) is 11.4 Å². The maximum absolute atomic E-state index is 13.0. The predicted molar refractivity (Wildman–Crippen MR) is 81.5 cm³/mol. The second-order valence-electron chi connectivity index (χ2n) is 5.20. The van der Waals surface area contributed by atoms with Gasteiger partial charge in [0.2, 0.25) is 10.0 Å². The van der Waals surface area contributed by atoms with Crippen LogP contribution in [-0.4, -0.2) is 37.8 Å². The Kier molecular flexibility index (Phi) is 3.84. The first-order chi connectivity index (χ1) is 10.5. The molecule has 0 saturated heterocycles. The van der Waals surface area contributed by atoms with Gasteiger partial charge in [0.1, 0.15) is 11.6 Å². The average Bonchev–Trinajstić information content (AvgIpc) is 2.68. The lowest BCUT2D eigenvalue weighted by Gasteiger charge is -2.20. The lowest BCUT2D eigenvalue weighted by molar-refractivity contribution is 0.420. The maximum Gasteiger partial charge on any atom is 0.243 e. The third kappa shape index (κ3) is 2.69. The summed E-state index contributed by atoms with van der Waals surface area (Å²) in [6.45, 7) is 1.16. The van der Waals surface area contributed by atoms with E-state index in [-0.39, 0.29) is 11.4 Å². The molecular weight excluding hydrogens is 305 g/mol. The van der Waals surface area contributed by atoms with Crippen molar-refractivity contribution in [3.8, 4) is 0 Å². The van der Waals surface area contributed by atoms with Gasteiger partial charge in [0.15, 0.2) is 0 Å². The van der Waals surface area contributed by atoms with Gasteiger partial charge in [-0.25, -0.2) is 17.8 Å². The van der Waals surface area contributed by atoms with Crippen LogP contribution in [0, 0.1) is 5.82 Å². The van der Waals surface area contributed by atoms with Gasteiger partial charge in [-0.15, -0.1) is 0 Å². The number of hydrogen-bond acceptors (Lipinski definition) is 4. The molecule has 0 N–H and O–H groups in total. The zero-order valence-electron chi connectivity index (χ0n) is 12.1. The van der Waals surface area contributed by atoms with Crippen molar-refractivity contribution in [1.82, 2.24) is 9.29 Å². The number of halogens is 1. The first-order valence-corrected chi connectivity index (χ1v) is 8.33. The van der Waals surface area contributed by atoms with E-state index in [4.69, 9.17) is 0 Å². The molecule has 0 amide bonds. The number of fused-ring (bicyclic) bond motifs is 1. The molecule has 0 fully saturated rings. The zero-order valence-corrected chi connectivity index (χ0v) is 12.9. The van der Waals surface area contributed by atoms with Gasteiger partial charge in [-0.1, -0.05) is 6.07 Å². The number of hydrogen-bond donors (Lipinski definition) is 0. The van der Waals surface area contributed by atoms with E-state index < -0.39 is 15.8 Å². The monoisotopic (exact) mass is 321 g/mol. The second-order valence-corrected chi connectivity index (χ2v) is 7.14. The van der Waals surface area contributed by atoms with E-state index in [1.165, 1.54) is 16.4 Å². The van der Waals surface area contributed by atoms with Crippen molar-refractivity contribution in [2.24, 2.45) is 0 Å². The van der Waals surface area contributed by atoms with Gasteiger partial charge in [-0.3, -0.25) is 0 Å². The van der Waals surface area contributed by atoms with Crippen molar-refractivity contribution in [2.75, 3.05) is 25.0 Å². The summed E-state index contributed by atoms with van der Waals surface area (Å²) in [6.07, 6.45) is 1.69. The Hall–Kier alpha value is -1.99. The number of anilines is 1. The number of aromatic nitrogens is 1. The SMILES string of the molecule is CN1CCN(S(=O)(=O)c2ccc(F)cc2)Cc2cccnc21. The summed E-state index contributed by atoms with van der Waals surface area (Å²) in [5.41, 5.74) is 0.855. The van der Waals surface area contributed by atoms with Crippen LogP contribution >= 0.6 is 0 Å². The molecule has 1 aromatic heterocycles. The quantitative estimate of drug-likeness (QED) is 0.847. The molecule has 3 rings (SSSR count). The number of rotatable bonds is 2. The van der Waals surface area contributed by atoms with Crippen LogP contribution in [0.15, 0.2) is 47.5 Å². The predicted octanol–water partition coefficient (Wildman–Crippen LogP) is 1.86. The molecule has 2 aromatic rings. The molecule has 1 aliphatic heterocycles. The molecule has 0 aliphatic carbocycles. The first-order valence-electron chi connectivity index (χ1n) is 6.89. The highest BCUT2D eigenvalue weighted by atomic mass is 32.2. The summed E-state index contributed by atoms with van der Waals surface area (Å²) in [5, 5.41) is 0. The minimum absolute atomic E-state index is 0.101. The van der Waals surface area contributed by atoms with Gasteiger partial charge in [-0.05, 0) is 30.3 Å². The second kappa shape index (κ2) is 5.66. The lowest BCUT2D eigenvalue weighted by atomic mass is 10.2. The van der Waals surface area contributed by atoms with Gasteiger partial charge in [0.25, 0.3) is 0 Å². The highest BCUT2D eigenvalue weighted by Gasteiger charge is 2.28. The van der Waals surface area contributed by atoms with E-state index in [0.29, 0.717) is 13.1 Å². The summed E-state index contributed by atoms with van der Waals surface area (Å²) in [5.74, 6) is 0.336. The van der Waals surface area contributed by atoms with Crippen LogP contribution in [0.1, 0.15) is 5.56 Å². The van der Waals surface area contributed by atoms with Gasteiger partial charge in [0.05, 0.1) is 4.90 Å². The summed E-state index contributed by atoms with van der Waals surface area (Å²) < 4.78 is 39.9. The van der Waals surface area contributed by atoms with Gasteiger partial charge >= 0.3 is 0 Å². The molecular formula is C15H16FN3O2S. The zero-order chi connectivity index (χ0) is 15.7. The van der Waals surface area contributed by atoms with Crippen molar-refractivity contribution in [3.05, 3.63) is 54.0 Å². The number of nitrogens with zero attached hydrogens (tertiary/aromatic N) is 3. The highest BCUT2D eigenvalue weighted by molar-refractivity contribution is 7.89. The van der Waals surface area contributed by atoms with Crippen LogP contribution < -0.4 is 4.90 Å². The normalized spacial score (nSPS) is 16.2. The third-order valence-corrected chi connectivity index (χ3v) is 5.57. The number of sulfonamides is 1. The van der Waals surface area contributed by atoms with E-state index in [1.807, 2.05) is 18.0 Å². The van der Waals surface area contributed by atoms with Gasteiger partial charge in [0, 0.05) is 38.4 Å². The van der Waals surface area contributed by atoms with E-state index in [0.717, 1.165) is 23.5 Å². The minimum atomic E-state index is -3.66. The van der Waals surface area contributed by atoms with Crippen LogP contribution in [0.25, 0.3) is 0 Å². The standard InChI is InChI=1S/C15H16FN3O2S/c1-18-9-10-19(11-12-3-2-8-17-15(12)18)22(20,21)14-6-4-13(16)5-7-14/h2-8H,9-11H2,1H3. The van der Waals surface area contributed by atoms with Crippen LogP contribution in [0.3, 0.4) is 0 Å². The fourth-order valence-corrected chi connectivity index (χ4v) is 3.90. The lowest BCUT2D eigenvalue weighted by Crippen LogP contribution is -2.34. The fourth-order valence-electron chi connectivity index (χ4n) is 2.49. The van der Waals surface area contributed by atoms with E-state index in [9.17, 15) is 12.8 Å². The fraction of sp³-hybridized carbons (Fsp3) is 0.267. The molecule has 0 unspecified atom stereocenters. The van der Waals surface area contributed by atoms with Crippen molar-refractivity contribution in [1.29, 1.82) is 0 Å². The van der Waals surface area contributed by atoms with Crippen LogP contribution in [0.5, 0.6) is 0 Å². The van der Waals surface area contributed by atoms with E-state index in [1.54, 1.807) is 12.3 Å². The van der Waals surface area contributed by atoms with Crippen molar-refractivity contribution < 1.29 is 12.8 Å². The molecule has 2 heterocycles. The average molecular weight is 321 g/mol. The molecule has 1 aliphatic rings. The molecule has 5 nitrogen and oxygen atoms in total. The Morgan fingerprint density at radius 3 is 2.59 bits per heavy atom. The summed E-state index contributed by atoms with van der Waals surface area (Å²) in [4.78, 5) is 6.36. The molecule has 0 saturated carbocycles. The van der Waals surface area contributed by atoms with Crippen molar-refractivity contribution >= 4 is 15.8 Å². The molecule has 116 valence electrons. The molecule has 0 atom stereocenters. The molecule has 0 radical (unpaired) electrons. The molecule has 0 spiro atoms. The third-order valence-electron chi connectivity index (χ3n) is 3.71. The molecule has 22 heavy (non-hydrogen) atoms. The maximum atomic E-state index is 13.0. The number of likely N-dealkylation sites (N-methyl/N-ethyl adjacent to an activating group) is 1. The Morgan fingerprint density at radius 1 is 1.14 bits per heavy atom. The Balaban J connectivity index is 1.97.